The molecule has 2 aromatic rings. The van der Waals surface area contributed by atoms with Gasteiger partial charge in [0.2, 0.25) is 17.6 Å². The van der Waals surface area contributed by atoms with Gasteiger partial charge in [0.25, 0.3) is 0 Å². The Labute approximate surface area is 158 Å². The zero-order valence-electron chi connectivity index (χ0n) is 15.7. The van der Waals surface area contributed by atoms with E-state index in [-0.39, 0.29) is 6.04 Å². The third-order valence-electron chi connectivity index (χ3n) is 5.22. The molecule has 2 aliphatic heterocycles. The molecule has 4 heterocycles. The maximum absolute atomic E-state index is 5.70. The van der Waals surface area contributed by atoms with Gasteiger partial charge in [0.05, 0.1) is 18.2 Å². The van der Waals surface area contributed by atoms with Gasteiger partial charge in [-0.25, -0.2) is 4.98 Å². The third-order valence-corrected chi connectivity index (χ3v) is 5.22. The first-order valence-corrected chi connectivity index (χ1v) is 9.61. The molecule has 146 valence electrons. The van der Waals surface area contributed by atoms with Crippen LogP contribution in [0, 0.1) is 0 Å². The van der Waals surface area contributed by atoms with Crippen LogP contribution in [0.3, 0.4) is 0 Å². The van der Waals surface area contributed by atoms with Crippen molar-refractivity contribution in [3.05, 3.63) is 24.2 Å². The number of rotatable bonds is 7. The molecule has 0 radical (unpaired) electrons. The molecule has 27 heavy (non-hydrogen) atoms. The molecule has 0 saturated carbocycles. The van der Waals surface area contributed by atoms with Crippen molar-refractivity contribution in [2.45, 2.75) is 37.8 Å². The second-order valence-corrected chi connectivity index (χ2v) is 6.89. The van der Waals surface area contributed by atoms with Gasteiger partial charge in [-0.15, -0.1) is 0 Å². The average Bonchev–Trinajstić information content (AvgIpc) is 3.39. The maximum atomic E-state index is 5.70. The highest BCUT2D eigenvalue weighted by Crippen LogP contribution is 2.36. The molecule has 4 rings (SSSR count). The lowest BCUT2D eigenvalue weighted by Crippen LogP contribution is -2.39. The Kier molecular flexibility index (Phi) is 5.96. The topological polar surface area (TPSA) is 82.7 Å². The van der Waals surface area contributed by atoms with E-state index in [1.165, 1.54) is 0 Å². The Morgan fingerprint density at radius 3 is 2.96 bits per heavy atom. The van der Waals surface area contributed by atoms with Gasteiger partial charge in [-0.1, -0.05) is 5.16 Å². The van der Waals surface area contributed by atoms with Crippen LogP contribution in [0.1, 0.15) is 37.6 Å². The fourth-order valence-electron chi connectivity index (χ4n) is 3.89. The first kappa shape index (κ1) is 18.3. The number of ether oxygens (including phenoxy) is 3. The van der Waals surface area contributed by atoms with Crippen LogP contribution >= 0.6 is 0 Å². The summed E-state index contributed by atoms with van der Waals surface area (Å²) in [5.74, 6) is 1.69. The molecule has 0 amide bonds. The summed E-state index contributed by atoms with van der Waals surface area (Å²) in [7, 11) is 1.64. The second kappa shape index (κ2) is 8.77. The van der Waals surface area contributed by atoms with Crippen molar-refractivity contribution in [3.8, 4) is 17.3 Å². The summed E-state index contributed by atoms with van der Waals surface area (Å²) in [4.78, 5) is 11.5. The average molecular weight is 374 g/mol. The van der Waals surface area contributed by atoms with Crippen molar-refractivity contribution in [1.29, 1.82) is 0 Å². The number of nitrogens with zero attached hydrogens (tertiary/aromatic N) is 4. The highest BCUT2D eigenvalue weighted by atomic mass is 16.5. The van der Waals surface area contributed by atoms with Gasteiger partial charge in [0, 0.05) is 32.6 Å². The van der Waals surface area contributed by atoms with Crippen molar-refractivity contribution in [2.24, 2.45) is 0 Å². The standard InChI is InChI=1S/C19H26N4O4/c1-24-12-13-26-18-15(4-2-8-20-18)17-21-19(27-22-17)16-5-3-9-23(16)14-6-10-25-11-7-14/h2,4,8,14,16H,3,5-7,9-13H2,1H3/t16-/m0/s1. The predicted molar refractivity (Wildman–Crippen MR) is 97.4 cm³/mol. The summed E-state index contributed by atoms with van der Waals surface area (Å²) in [6, 6.07) is 4.46. The van der Waals surface area contributed by atoms with E-state index in [4.69, 9.17) is 23.7 Å². The minimum atomic E-state index is 0.184. The van der Waals surface area contributed by atoms with E-state index >= 15 is 0 Å². The Balaban J connectivity index is 1.51. The number of methoxy groups -OCH3 is 1. The van der Waals surface area contributed by atoms with E-state index in [1.54, 1.807) is 13.3 Å². The molecule has 8 nitrogen and oxygen atoms in total. The van der Waals surface area contributed by atoms with Gasteiger partial charge in [0.1, 0.15) is 6.61 Å². The van der Waals surface area contributed by atoms with E-state index in [1.807, 2.05) is 12.1 Å². The number of aromatic nitrogens is 3. The first-order valence-electron chi connectivity index (χ1n) is 9.61. The Hall–Kier alpha value is -2.03. The number of pyridine rings is 1. The fraction of sp³-hybridized carbons (Fsp3) is 0.632. The Morgan fingerprint density at radius 2 is 2.11 bits per heavy atom. The second-order valence-electron chi connectivity index (χ2n) is 6.89. The van der Waals surface area contributed by atoms with Gasteiger partial charge in [0.15, 0.2) is 0 Å². The van der Waals surface area contributed by atoms with E-state index in [9.17, 15) is 0 Å². The number of hydrogen-bond acceptors (Lipinski definition) is 8. The summed E-state index contributed by atoms with van der Waals surface area (Å²) >= 11 is 0. The van der Waals surface area contributed by atoms with Crippen LogP contribution in [-0.4, -0.2) is 66.1 Å². The Bertz CT molecular complexity index is 732. The van der Waals surface area contributed by atoms with Gasteiger partial charge >= 0.3 is 0 Å². The normalized spacial score (nSPS) is 21.6. The van der Waals surface area contributed by atoms with Crippen molar-refractivity contribution < 1.29 is 18.7 Å². The van der Waals surface area contributed by atoms with Crippen molar-refractivity contribution in [1.82, 2.24) is 20.0 Å². The highest BCUT2D eigenvalue weighted by Gasteiger charge is 2.36. The van der Waals surface area contributed by atoms with Crippen molar-refractivity contribution in [3.63, 3.8) is 0 Å². The summed E-state index contributed by atoms with van der Waals surface area (Å²) in [6.45, 7) is 3.66. The molecular formula is C19H26N4O4. The largest absolute Gasteiger partial charge is 0.475 e. The summed E-state index contributed by atoms with van der Waals surface area (Å²) in [5, 5.41) is 4.21. The highest BCUT2D eigenvalue weighted by molar-refractivity contribution is 5.60. The van der Waals surface area contributed by atoms with Crippen LogP contribution in [0.5, 0.6) is 5.88 Å². The number of likely N-dealkylation sites (tertiary alicyclic amines) is 1. The summed E-state index contributed by atoms with van der Waals surface area (Å²) in [6.07, 6.45) is 6.02. The molecule has 0 aromatic carbocycles. The maximum Gasteiger partial charge on any atom is 0.244 e. The minimum absolute atomic E-state index is 0.184. The van der Waals surface area contributed by atoms with Gasteiger partial charge in [-0.3, -0.25) is 4.90 Å². The molecule has 2 fully saturated rings. The van der Waals surface area contributed by atoms with Crippen LogP contribution in [0.25, 0.3) is 11.4 Å². The van der Waals surface area contributed by atoms with E-state index < -0.39 is 0 Å². The van der Waals surface area contributed by atoms with E-state index in [0.717, 1.165) is 51.0 Å². The molecule has 0 bridgehead atoms. The van der Waals surface area contributed by atoms with Gasteiger partial charge in [-0.2, -0.15) is 4.98 Å². The number of hydrogen-bond donors (Lipinski definition) is 0. The van der Waals surface area contributed by atoms with Gasteiger partial charge < -0.3 is 18.7 Å². The zero-order chi connectivity index (χ0) is 18.5. The molecular weight excluding hydrogens is 348 g/mol. The quantitative estimate of drug-likeness (QED) is 0.684. The third kappa shape index (κ3) is 4.12. The van der Waals surface area contributed by atoms with Crippen LogP contribution in [0.15, 0.2) is 22.9 Å². The summed E-state index contributed by atoms with van der Waals surface area (Å²) < 4.78 is 21.9. The van der Waals surface area contributed by atoms with Crippen LogP contribution in [-0.2, 0) is 9.47 Å². The van der Waals surface area contributed by atoms with Crippen LogP contribution in [0.2, 0.25) is 0 Å². The minimum Gasteiger partial charge on any atom is -0.475 e. The molecule has 1 atom stereocenters. The molecule has 0 N–H and O–H groups in total. The zero-order valence-corrected chi connectivity index (χ0v) is 15.7. The molecule has 2 aliphatic rings. The fourth-order valence-corrected chi connectivity index (χ4v) is 3.89. The van der Waals surface area contributed by atoms with Crippen molar-refractivity contribution in [2.75, 3.05) is 40.1 Å². The summed E-state index contributed by atoms with van der Waals surface area (Å²) in [5.41, 5.74) is 0.735. The Morgan fingerprint density at radius 1 is 1.22 bits per heavy atom. The SMILES string of the molecule is COCCOc1ncccc1-c1noc([C@@H]2CCCN2C2CCOCC2)n1. The molecule has 8 heteroatoms. The predicted octanol–water partition coefficient (Wildman–Crippen LogP) is 2.47. The van der Waals surface area contributed by atoms with Crippen LogP contribution < -0.4 is 4.74 Å². The monoisotopic (exact) mass is 374 g/mol. The lowest BCUT2D eigenvalue weighted by molar-refractivity contribution is 0.0243. The molecule has 2 aromatic heterocycles. The lowest BCUT2D eigenvalue weighted by Gasteiger charge is -2.33. The molecule has 0 spiro atoms. The van der Waals surface area contributed by atoms with Crippen molar-refractivity contribution >= 4 is 0 Å². The lowest BCUT2D eigenvalue weighted by atomic mass is 10.1. The van der Waals surface area contributed by atoms with Crippen LogP contribution in [0.4, 0.5) is 0 Å². The van der Waals surface area contributed by atoms with E-state index in [2.05, 4.69) is 15.0 Å². The molecule has 0 aliphatic carbocycles. The smallest absolute Gasteiger partial charge is 0.244 e. The van der Waals surface area contributed by atoms with E-state index in [0.29, 0.717) is 36.9 Å². The first-order chi connectivity index (χ1) is 13.4. The van der Waals surface area contributed by atoms with Gasteiger partial charge in [-0.05, 0) is 44.4 Å². The molecule has 0 unspecified atom stereocenters. The molecule has 2 saturated heterocycles.